The highest BCUT2D eigenvalue weighted by molar-refractivity contribution is 9.11. The Morgan fingerprint density at radius 1 is 1.32 bits per heavy atom. The first-order valence-corrected chi connectivity index (χ1v) is 8.30. The summed E-state index contributed by atoms with van der Waals surface area (Å²) in [5, 5.41) is 2.76. The molecule has 2 aromatic rings. The fraction of sp³-hybridized carbons (Fsp3) is 0.188. The van der Waals surface area contributed by atoms with Gasteiger partial charge >= 0.3 is 0 Å². The standard InChI is InChI=1S/C16H16BrFN2OS/c1-2-9-20(10-14-7-8-15(17)22-14)11-16(21)19-13-5-3-12(18)4-6-13/h2-8H,1,9-11H2,(H,19,21). The summed E-state index contributed by atoms with van der Waals surface area (Å²) in [4.78, 5) is 15.3. The predicted octanol–water partition coefficient (Wildman–Crippen LogP) is 4.28. The second-order valence-corrected chi connectivity index (χ2v) is 7.27. The SMILES string of the molecule is C=CCN(CC(=O)Nc1ccc(F)cc1)Cc1ccc(Br)s1. The first kappa shape index (κ1) is 16.9. The number of rotatable bonds is 7. The van der Waals surface area contributed by atoms with Crippen molar-refractivity contribution in [1.29, 1.82) is 0 Å². The zero-order valence-corrected chi connectivity index (χ0v) is 14.3. The summed E-state index contributed by atoms with van der Waals surface area (Å²) in [7, 11) is 0. The summed E-state index contributed by atoms with van der Waals surface area (Å²) in [6.45, 7) is 5.27. The van der Waals surface area contributed by atoms with Crippen molar-refractivity contribution in [2.45, 2.75) is 6.54 Å². The van der Waals surface area contributed by atoms with Crippen LogP contribution in [0.15, 0.2) is 52.8 Å². The number of hydrogen-bond donors (Lipinski definition) is 1. The summed E-state index contributed by atoms with van der Waals surface area (Å²) >= 11 is 5.07. The quantitative estimate of drug-likeness (QED) is 0.724. The zero-order chi connectivity index (χ0) is 15.9. The average molecular weight is 383 g/mol. The van der Waals surface area contributed by atoms with Gasteiger partial charge in [0, 0.05) is 23.7 Å². The molecule has 116 valence electrons. The minimum atomic E-state index is -0.324. The van der Waals surface area contributed by atoms with Gasteiger partial charge in [0.05, 0.1) is 10.3 Å². The Hall–Kier alpha value is -1.50. The molecule has 0 saturated heterocycles. The van der Waals surface area contributed by atoms with Crippen LogP contribution < -0.4 is 5.32 Å². The van der Waals surface area contributed by atoms with E-state index in [0.717, 1.165) is 3.79 Å². The van der Waals surface area contributed by atoms with E-state index in [2.05, 4.69) is 27.8 Å². The molecule has 0 aliphatic rings. The Morgan fingerprint density at radius 3 is 2.64 bits per heavy atom. The third-order valence-electron chi connectivity index (χ3n) is 2.89. The van der Waals surface area contributed by atoms with E-state index in [1.54, 1.807) is 29.5 Å². The van der Waals surface area contributed by atoms with Crippen molar-refractivity contribution < 1.29 is 9.18 Å². The van der Waals surface area contributed by atoms with Crippen LogP contribution in [0.3, 0.4) is 0 Å². The fourth-order valence-corrected chi connectivity index (χ4v) is 3.49. The molecule has 1 heterocycles. The third-order valence-corrected chi connectivity index (χ3v) is 4.50. The van der Waals surface area contributed by atoms with Crippen molar-refractivity contribution in [3.05, 3.63) is 63.5 Å². The number of benzene rings is 1. The van der Waals surface area contributed by atoms with E-state index in [0.29, 0.717) is 18.8 Å². The highest BCUT2D eigenvalue weighted by atomic mass is 79.9. The fourth-order valence-electron chi connectivity index (χ4n) is 1.96. The van der Waals surface area contributed by atoms with Crippen molar-refractivity contribution in [3.63, 3.8) is 0 Å². The van der Waals surface area contributed by atoms with Crippen molar-refractivity contribution in [2.75, 3.05) is 18.4 Å². The molecular weight excluding hydrogens is 367 g/mol. The lowest BCUT2D eigenvalue weighted by Gasteiger charge is -2.19. The maximum absolute atomic E-state index is 12.8. The molecule has 1 amide bonds. The molecule has 2 rings (SSSR count). The molecule has 1 aromatic carbocycles. The maximum atomic E-state index is 12.8. The normalized spacial score (nSPS) is 10.7. The molecule has 0 fully saturated rings. The Labute approximate surface area is 141 Å². The highest BCUT2D eigenvalue weighted by Gasteiger charge is 2.11. The lowest BCUT2D eigenvalue weighted by Crippen LogP contribution is -2.32. The van der Waals surface area contributed by atoms with E-state index in [1.165, 1.54) is 17.0 Å². The van der Waals surface area contributed by atoms with Crippen molar-refractivity contribution >= 4 is 38.9 Å². The van der Waals surface area contributed by atoms with Gasteiger partial charge in [-0.05, 0) is 52.3 Å². The molecule has 0 aliphatic carbocycles. The van der Waals surface area contributed by atoms with Gasteiger partial charge in [0.15, 0.2) is 0 Å². The van der Waals surface area contributed by atoms with E-state index >= 15 is 0 Å². The summed E-state index contributed by atoms with van der Waals surface area (Å²) in [5.74, 6) is -0.460. The minimum absolute atomic E-state index is 0.135. The van der Waals surface area contributed by atoms with Gasteiger partial charge in [-0.2, -0.15) is 0 Å². The average Bonchev–Trinajstić information content (AvgIpc) is 2.87. The molecule has 3 nitrogen and oxygen atoms in total. The molecule has 0 radical (unpaired) electrons. The zero-order valence-electron chi connectivity index (χ0n) is 11.9. The third kappa shape index (κ3) is 5.36. The molecule has 1 N–H and O–H groups in total. The van der Waals surface area contributed by atoms with Crippen LogP contribution in [0.25, 0.3) is 0 Å². The van der Waals surface area contributed by atoms with E-state index in [9.17, 15) is 9.18 Å². The summed E-state index contributed by atoms with van der Waals surface area (Å²) in [5.41, 5.74) is 0.587. The molecule has 0 unspecified atom stereocenters. The van der Waals surface area contributed by atoms with Crippen LogP contribution in [0.2, 0.25) is 0 Å². The minimum Gasteiger partial charge on any atom is -0.325 e. The molecule has 0 spiro atoms. The molecule has 0 aliphatic heterocycles. The molecule has 22 heavy (non-hydrogen) atoms. The number of thiophene rings is 1. The number of nitrogens with zero attached hydrogens (tertiary/aromatic N) is 1. The number of nitrogens with one attached hydrogen (secondary N) is 1. The molecular formula is C16H16BrFN2OS. The number of hydrogen-bond acceptors (Lipinski definition) is 3. The van der Waals surface area contributed by atoms with Crippen LogP contribution in [0.4, 0.5) is 10.1 Å². The van der Waals surface area contributed by atoms with Gasteiger partial charge in [-0.3, -0.25) is 9.69 Å². The second-order valence-electron chi connectivity index (χ2n) is 4.72. The van der Waals surface area contributed by atoms with Crippen LogP contribution in [0.1, 0.15) is 4.88 Å². The lowest BCUT2D eigenvalue weighted by molar-refractivity contribution is -0.117. The van der Waals surface area contributed by atoms with Crippen molar-refractivity contribution in [1.82, 2.24) is 4.90 Å². The highest BCUT2D eigenvalue weighted by Crippen LogP contribution is 2.23. The van der Waals surface area contributed by atoms with Crippen LogP contribution in [0, 0.1) is 5.82 Å². The van der Waals surface area contributed by atoms with Gasteiger partial charge in [0.1, 0.15) is 5.82 Å². The summed E-state index contributed by atoms with van der Waals surface area (Å²) < 4.78 is 13.9. The maximum Gasteiger partial charge on any atom is 0.238 e. The van der Waals surface area contributed by atoms with E-state index in [1.807, 2.05) is 17.0 Å². The predicted molar refractivity (Wildman–Crippen MR) is 92.5 cm³/mol. The molecule has 1 aromatic heterocycles. The first-order chi connectivity index (χ1) is 10.6. The molecule has 6 heteroatoms. The van der Waals surface area contributed by atoms with Crippen molar-refractivity contribution in [3.8, 4) is 0 Å². The number of amides is 1. The van der Waals surface area contributed by atoms with Crippen LogP contribution in [-0.2, 0) is 11.3 Å². The largest absolute Gasteiger partial charge is 0.325 e. The van der Waals surface area contributed by atoms with Crippen LogP contribution in [0.5, 0.6) is 0 Å². The Balaban J connectivity index is 1.93. The van der Waals surface area contributed by atoms with Gasteiger partial charge < -0.3 is 5.32 Å². The van der Waals surface area contributed by atoms with Crippen molar-refractivity contribution in [2.24, 2.45) is 0 Å². The van der Waals surface area contributed by atoms with Gasteiger partial charge in [-0.15, -0.1) is 17.9 Å². The number of carbonyl (C=O) groups is 1. The van der Waals surface area contributed by atoms with Gasteiger partial charge in [-0.25, -0.2) is 4.39 Å². The Kier molecular flexibility index (Phi) is 6.30. The Morgan fingerprint density at radius 2 is 2.05 bits per heavy atom. The van der Waals surface area contributed by atoms with E-state index in [4.69, 9.17) is 0 Å². The second kappa shape index (κ2) is 8.22. The number of anilines is 1. The van der Waals surface area contributed by atoms with E-state index < -0.39 is 0 Å². The van der Waals surface area contributed by atoms with Gasteiger partial charge in [0.25, 0.3) is 0 Å². The first-order valence-electron chi connectivity index (χ1n) is 6.69. The Bertz CT molecular complexity index is 642. The van der Waals surface area contributed by atoms with E-state index in [-0.39, 0.29) is 18.3 Å². The summed E-state index contributed by atoms with van der Waals surface area (Å²) in [6, 6.07) is 9.75. The smallest absolute Gasteiger partial charge is 0.238 e. The van der Waals surface area contributed by atoms with Crippen LogP contribution in [-0.4, -0.2) is 23.9 Å². The molecule has 0 bridgehead atoms. The topological polar surface area (TPSA) is 32.3 Å². The van der Waals surface area contributed by atoms with Gasteiger partial charge in [-0.1, -0.05) is 6.08 Å². The lowest BCUT2D eigenvalue weighted by atomic mass is 10.3. The monoisotopic (exact) mass is 382 g/mol. The van der Waals surface area contributed by atoms with Gasteiger partial charge in [0.2, 0.25) is 5.91 Å². The molecule has 0 atom stereocenters. The van der Waals surface area contributed by atoms with Crippen LogP contribution >= 0.6 is 27.3 Å². The summed E-state index contributed by atoms with van der Waals surface area (Å²) in [6.07, 6.45) is 1.77. The number of carbonyl (C=O) groups excluding carboxylic acids is 1. The number of halogens is 2. The molecule has 0 saturated carbocycles.